The molecule has 35 heavy (non-hydrogen) atoms. The Kier molecular flexibility index (Phi) is 4.09. The quantitative estimate of drug-likeness (QED) is 0.300. The van der Waals surface area contributed by atoms with Crippen LogP contribution in [-0.2, 0) is 5.41 Å². The molecule has 0 N–H and O–H groups in total. The van der Waals surface area contributed by atoms with Crippen LogP contribution in [0, 0.1) is 0 Å². The predicted molar refractivity (Wildman–Crippen MR) is 139 cm³/mol. The number of anilines is 3. The van der Waals surface area contributed by atoms with Crippen LogP contribution in [0.25, 0.3) is 27.8 Å². The molecule has 0 bridgehead atoms. The Hall–Kier alpha value is -4.58. The van der Waals surface area contributed by atoms with Crippen molar-refractivity contribution in [2.75, 3.05) is 4.90 Å². The summed E-state index contributed by atoms with van der Waals surface area (Å²) in [4.78, 5) is 20.9. The maximum Gasteiger partial charge on any atom is 0.234 e. The molecule has 0 fully saturated rings. The van der Waals surface area contributed by atoms with Gasteiger partial charge in [0.15, 0.2) is 0 Å². The largest absolute Gasteiger partial charge is 0.276 e. The standard InChI is InChI=1S/C29H22N6/c1-29(2)21-10-4-6-12-24(21)35(28-32-17-8-18-33-28)26-22(29)14-13-20-19-9-3-5-11-23(19)34(25(20)26)27-30-15-7-16-31-27/h3-18H,1-2H3. The van der Waals surface area contributed by atoms with E-state index in [9.17, 15) is 0 Å². The third-order valence-corrected chi connectivity index (χ3v) is 7.03. The van der Waals surface area contributed by atoms with Crippen LogP contribution in [0.4, 0.5) is 17.3 Å². The summed E-state index contributed by atoms with van der Waals surface area (Å²) in [6, 6.07) is 25.1. The fourth-order valence-corrected chi connectivity index (χ4v) is 5.46. The number of aromatic nitrogens is 5. The molecule has 3 aromatic heterocycles. The van der Waals surface area contributed by atoms with E-state index in [4.69, 9.17) is 0 Å². The highest BCUT2D eigenvalue weighted by atomic mass is 15.3. The number of para-hydroxylation sites is 2. The summed E-state index contributed by atoms with van der Waals surface area (Å²) in [6.45, 7) is 4.57. The Bertz CT molecular complexity index is 1720. The second-order valence-electron chi connectivity index (χ2n) is 9.29. The van der Waals surface area contributed by atoms with Crippen molar-refractivity contribution in [2.45, 2.75) is 19.3 Å². The molecular formula is C29H22N6. The molecular weight excluding hydrogens is 432 g/mol. The second-order valence-corrected chi connectivity index (χ2v) is 9.29. The average molecular weight is 455 g/mol. The molecule has 0 amide bonds. The molecule has 6 heteroatoms. The Morgan fingerprint density at radius 2 is 1.26 bits per heavy atom. The van der Waals surface area contributed by atoms with Crippen LogP contribution in [0.3, 0.4) is 0 Å². The highest BCUT2D eigenvalue weighted by Gasteiger charge is 2.39. The van der Waals surface area contributed by atoms with Gasteiger partial charge in [-0.05, 0) is 35.4 Å². The van der Waals surface area contributed by atoms with Gasteiger partial charge >= 0.3 is 0 Å². The van der Waals surface area contributed by atoms with Gasteiger partial charge in [-0.3, -0.25) is 9.47 Å². The predicted octanol–water partition coefficient (Wildman–Crippen LogP) is 6.47. The van der Waals surface area contributed by atoms with Crippen molar-refractivity contribution in [3.63, 3.8) is 0 Å². The Morgan fingerprint density at radius 1 is 0.600 bits per heavy atom. The fraction of sp³-hybridized carbons (Fsp3) is 0.103. The zero-order valence-electron chi connectivity index (χ0n) is 19.4. The lowest BCUT2D eigenvalue weighted by molar-refractivity contribution is 0.631. The van der Waals surface area contributed by atoms with Crippen LogP contribution >= 0.6 is 0 Å². The SMILES string of the molecule is CC1(C)c2ccccc2N(c2ncccn2)c2c1ccc1c3ccccc3n(-c3ncccn3)c21. The molecule has 1 aliphatic heterocycles. The second kappa shape index (κ2) is 7.21. The zero-order valence-corrected chi connectivity index (χ0v) is 19.4. The highest BCUT2D eigenvalue weighted by Crippen LogP contribution is 2.54. The third-order valence-electron chi connectivity index (χ3n) is 7.03. The van der Waals surface area contributed by atoms with Gasteiger partial charge in [0, 0.05) is 41.0 Å². The molecule has 0 unspecified atom stereocenters. The van der Waals surface area contributed by atoms with Crippen LogP contribution in [0.5, 0.6) is 0 Å². The molecule has 6 nitrogen and oxygen atoms in total. The van der Waals surface area contributed by atoms with Gasteiger partial charge in [0.2, 0.25) is 11.9 Å². The van der Waals surface area contributed by atoms with E-state index in [2.05, 4.69) is 104 Å². The first-order valence-electron chi connectivity index (χ1n) is 11.7. The van der Waals surface area contributed by atoms with E-state index >= 15 is 0 Å². The van der Waals surface area contributed by atoms with E-state index in [0.29, 0.717) is 11.9 Å². The van der Waals surface area contributed by atoms with Crippen LogP contribution in [-0.4, -0.2) is 24.5 Å². The Morgan fingerprint density at radius 3 is 2.03 bits per heavy atom. The van der Waals surface area contributed by atoms with Crippen molar-refractivity contribution in [3.05, 3.63) is 109 Å². The number of rotatable bonds is 2. The average Bonchev–Trinajstić information content (AvgIpc) is 3.25. The van der Waals surface area contributed by atoms with Gasteiger partial charge < -0.3 is 0 Å². The minimum Gasteiger partial charge on any atom is -0.276 e. The maximum atomic E-state index is 4.69. The summed E-state index contributed by atoms with van der Waals surface area (Å²) in [6.07, 6.45) is 7.16. The minimum atomic E-state index is -0.232. The topological polar surface area (TPSA) is 59.7 Å². The van der Waals surface area contributed by atoms with E-state index in [1.165, 1.54) is 11.1 Å². The number of hydrogen-bond acceptors (Lipinski definition) is 5. The first-order chi connectivity index (χ1) is 17.2. The molecule has 0 atom stereocenters. The molecule has 168 valence electrons. The van der Waals surface area contributed by atoms with E-state index in [-0.39, 0.29) is 5.41 Å². The van der Waals surface area contributed by atoms with Crippen molar-refractivity contribution in [1.82, 2.24) is 24.5 Å². The molecule has 0 saturated carbocycles. The van der Waals surface area contributed by atoms with Gasteiger partial charge in [0.1, 0.15) is 0 Å². The van der Waals surface area contributed by atoms with Gasteiger partial charge in [0.25, 0.3) is 0 Å². The molecule has 4 heterocycles. The molecule has 0 spiro atoms. The first-order valence-corrected chi connectivity index (χ1v) is 11.7. The summed E-state index contributed by atoms with van der Waals surface area (Å²) < 4.78 is 2.17. The van der Waals surface area contributed by atoms with Crippen LogP contribution in [0.15, 0.2) is 97.6 Å². The molecule has 7 rings (SSSR count). The van der Waals surface area contributed by atoms with Crippen molar-refractivity contribution >= 4 is 39.1 Å². The molecule has 6 aromatic rings. The monoisotopic (exact) mass is 454 g/mol. The van der Waals surface area contributed by atoms with E-state index < -0.39 is 0 Å². The molecule has 3 aromatic carbocycles. The van der Waals surface area contributed by atoms with Gasteiger partial charge in [0.05, 0.1) is 22.4 Å². The third kappa shape index (κ3) is 2.71. The first kappa shape index (κ1) is 19.9. The summed E-state index contributed by atoms with van der Waals surface area (Å²) in [5.74, 6) is 1.27. The van der Waals surface area contributed by atoms with Gasteiger partial charge in [-0.15, -0.1) is 0 Å². The van der Waals surface area contributed by atoms with E-state index in [1.54, 1.807) is 24.8 Å². The smallest absolute Gasteiger partial charge is 0.234 e. The van der Waals surface area contributed by atoms with Crippen LogP contribution in [0.2, 0.25) is 0 Å². The molecule has 1 aliphatic rings. The number of nitrogens with zero attached hydrogens (tertiary/aromatic N) is 6. The lowest BCUT2D eigenvalue weighted by Crippen LogP contribution is -2.31. The lowest BCUT2D eigenvalue weighted by Gasteiger charge is -2.41. The van der Waals surface area contributed by atoms with Crippen molar-refractivity contribution in [3.8, 4) is 5.95 Å². The van der Waals surface area contributed by atoms with Gasteiger partial charge in [-0.2, -0.15) is 0 Å². The number of benzene rings is 3. The van der Waals surface area contributed by atoms with Crippen molar-refractivity contribution in [2.24, 2.45) is 0 Å². The van der Waals surface area contributed by atoms with E-state index in [0.717, 1.165) is 33.2 Å². The molecule has 0 saturated heterocycles. The maximum absolute atomic E-state index is 4.69. The molecule has 0 radical (unpaired) electrons. The summed E-state index contributed by atoms with van der Waals surface area (Å²) in [5, 5.41) is 2.30. The summed E-state index contributed by atoms with van der Waals surface area (Å²) >= 11 is 0. The summed E-state index contributed by atoms with van der Waals surface area (Å²) in [5.41, 5.74) is 6.45. The Labute approximate surface area is 202 Å². The number of hydrogen-bond donors (Lipinski definition) is 0. The summed E-state index contributed by atoms with van der Waals surface area (Å²) in [7, 11) is 0. The van der Waals surface area contributed by atoms with Crippen molar-refractivity contribution < 1.29 is 0 Å². The van der Waals surface area contributed by atoms with Crippen LogP contribution < -0.4 is 4.90 Å². The lowest BCUT2D eigenvalue weighted by atomic mass is 9.73. The molecule has 0 aliphatic carbocycles. The number of fused-ring (bicyclic) bond motifs is 6. The Balaban J connectivity index is 1.71. The van der Waals surface area contributed by atoms with Gasteiger partial charge in [-0.25, -0.2) is 19.9 Å². The van der Waals surface area contributed by atoms with Crippen molar-refractivity contribution in [1.29, 1.82) is 0 Å². The zero-order chi connectivity index (χ0) is 23.6. The normalized spacial score (nSPS) is 14.2. The van der Waals surface area contributed by atoms with Crippen LogP contribution in [0.1, 0.15) is 25.0 Å². The van der Waals surface area contributed by atoms with Gasteiger partial charge in [-0.1, -0.05) is 62.4 Å². The fourth-order valence-electron chi connectivity index (χ4n) is 5.46. The van der Waals surface area contributed by atoms with E-state index in [1.807, 2.05) is 12.1 Å². The minimum absolute atomic E-state index is 0.232. The highest BCUT2D eigenvalue weighted by molar-refractivity contribution is 6.15.